The van der Waals surface area contributed by atoms with Crippen LogP contribution in [0.2, 0.25) is 0 Å². The molecule has 0 saturated carbocycles. The van der Waals surface area contributed by atoms with E-state index >= 15 is 0 Å². The number of hydrogen-bond acceptors (Lipinski definition) is 3. The minimum atomic E-state index is 0.192. The Morgan fingerprint density at radius 1 is 1.29 bits per heavy atom. The van der Waals surface area contributed by atoms with Crippen molar-refractivity contribution in [2.24, 2.45) is 0 Å². The zero-order valence-corrected chi connectivity index (χ0v) is 13.2. The van der Waals surface area contributed by atoms with Crippen LogP contribution in [0.5, 0.6) is 0 Å². The molecule has 112 valence electrons. The van der Waals surface area contributed by atoms with Crippen LogP contribution in [0.3, 0.4) is 0 Å². The highest BCUT2D eigenvalue weighted by Gasteiger charge is 2.23. The molecule has 21 heavy (non-hydrogen) atoms. The maximum absolute atomic E-state index is 5.73. The standard InChI is InChI=1S/C17H23N3O/c1-11(2)20-13(4)17(12(3)19-20)18-16-10-21-9-14-7-5-6-8-15(14)16/h5-8,11,16,18H,9-10H2,1-4H3. The van der Waals surface area contributed by atoms with Gasteiger partial charge in [0, 0.05) is 6.04 Å². The molecule has 1 aromatic carbocycles. The fraction of sp³-hybridized carbons (Fsp3) is 0.471. The van der Waals surface area contributed by atoms with Gasteiger partial charge < -0.3 is 10.1 Å². The van der Waals surface area contributed by atoms with Crippen molar-refractivity contribution < 1.29 is 4.74 Å². The van der Waals surface area contributed by atoms with E-state index in [4.69, 9.17) is 4.74 Å². The van der Waals surface area contributed by atoms with Gasteiger partial charge in [-0.15, -0.1) is 0 Å². The Morgan fingerprint density at radius 2 is 2.05 bits per heavy atom. The van der Waals surface area contributed by atoms with Crippen LogP contribution in [0.25, 0.3) is 0 Å². The third-order valence-electron chi connectivity index (χ3n) is 4.11. The molecule has 0 amide bonds. The molecule has 1 aliphatic rings. The topological polar surface area (TPSA) is 39.1 Å². The van der Waals surface area contributed by atoms with E-state index in [2.05, 4.69) is 67.1 Å². The first kappa shape index (κ1) is 14.1. The van der Waals surface area contributed by atoms with Gasteiger partial charge in [-0.3, -0.25) is 4.68 Å². The lowest BCUT2D eigenvalue weighted by atomic mass is 9.99. The smallest absolute Gasteiger partial charge is 0.0828 e. The number of ether oxygens (including phenoxy) is 1. The maximum atomic E-state index is 5.73. The van der Waals surface area contributed by atoms with Gasteiger partial charge in [-0.2, -0.15) is 5.10 Å². The largest absolute Gasteiger partial charge is 0.374 e. The summed E-state index contributed by atoms with van der Waals surface area (Å²) < 4.78 is 7.80. The average Bonchev–Trinajstić information content (AvgIpc) is 2.76. The molecule has 2 heterocycles. The summed E-state index contributed by atoms with van der Waals surface area (Å²) in [6.45, 7) is 9.90. The lowest BCUT2D eigenvalue weighted by molar-refractivity contribution is 0.0970. The lowest BCUT2D eigenvalue weighted by Crippen LogP contribution is -2.23. The summed E-state index contributed by atoms with van der Waals surface area (Å²) in [5.41, 5.74) is 5.97. The highest BCUT2D eigenvalue weighted by molar-refractivity contribution is 5.54. The van der Waals surface area contributed by atoms with E-state index in [9.17, 15) is 0 Å². The molecule has 4 heteroatoms. The Labute approximate surface area is 126 Å². The Hall–Kier alpha value is -1.81. The number of aryl methyl sites for hydroxylation is 1. The molecule has 1 N–H and O–H groups in total. The Morgan fingerprint density at radius 3 is 2.76 bits per heavy atom. The molecular weight excluding hydrogens is 262 g/mol. The second-order valence-electron chi connectivity index (χ2n) is 6.00. The summed E-state index contributed by atoms with van der Waals surface area (Å²) in [6.07, 6.45) is 0. The summed E-state index contributed by atoms with van der Waals surface area (Å²) in [4.78, 5) is 0. The van der Waals surface area contributed by atoms with E-state index in [-0.39, 0.29) is 6.04 Å². The highest BCUT2D eigenvalue weighted by Crippen LogP contribution is 2.31. The van der Waals surface area contributed by atoms with Crippen molar-refractivity contribution in [3.8, 4) is 0 Å². The van der Waals surface area contributed by atoms with Gasteiger partial charge in [-0.25, -0.2) is 0 Å². The van der Waals surface area contributed by atoms with Crippen molar-refractivity contribution in [1.29, 1.82) is 0 Å². The predicted molar refractivity (Wildman–Crippen MR) is 84.5 cm³/mol. The molecule has 3 rings (SSSR count). The Balaban J connectivity index is 1.92. The summed E-state index contributed by atoms with van der Waals surface area (Å²) >= 11 is 0. The number of nitrogens with one attached hydrogen (secondary N) is 1. The van der Waals surface area contributed by atoms with Crippen molar-refractivity contribution in [1.82, 2.24) is 9.78 Å². The molecule has 1 aromatic heterocycles. The van der Waals surface area contributed by atoms with Gasteiger partial charge in [0.1, 0.15) is 0 Å². The van der Waals surface area contributed by atoms with Gasteiger partial charge in [-0.05, 0) is 38.8 Å². The molecule has 4 nitrogen and oxygen atoms in total. The quantitative estimate of drug-likeness (QED) is 0.933. The zero-order valence-electron chi connectivity index (χ0n) is 13.2. The summed E-state index contributed by atoms with van der Waals surface area (Å²) in [7, 11) is 0. The van der Waals surface area contributed by atoms with Crippen LogP contribution in [0.4, 0.5) is 5.69 Å². The first-order valence-corrected chi connectivity index (χ1v) is 7.55. The van der Waals surface area contributed by atoms with Crippen LogP contribution in [-0.4, -0.2) is 16.4 Å². The van der Waals surface area contributed by atoms with Crippen molar-refractivity contribution >= 4 is 5.69 Å². The van der Waals surface area contributed by atoms with Crippen LogP contribution < -0.4 is 5.32 Å². The minimum absolute atomic E-state index is 0.192. The monoisotopic (exact) mass is 285 g/mol. The molecule has 1 unspecified atom stereocenters. The molecule has 0 radical (unpaired) electrons. The van der Waals surface area contributed by atoms with Gasteiger partial charge in [0.2, 0.25) is 0 Å². The number of aromatic nitrogens is 2. The van der Waals surface area contributed by atoms with Gasteiger partial charge in [-0.1, -0.05) is 24.3 Å². The van der Waals surface area contributed by atoms with Gasteiger partial charge in [0.15, 0.2) is 0 Å². The zero-order chi connectivity index (χ0) is 15.0. The van der Waals surface area contributed by atoms with Gasteiger partial charge in [0.05, 0.1) is 36.3 Å². The van der Waals surface area contributed by atoms with E-state index in [0.29, 0.717) is 19.3 Å². The van der Waals surface area contributed by atoms with Gasteiger partial charge in [0.25, 0.3) is 0 Å². The summed E-state index contributed by atoms with van der Waals surface area (Å²) in [6, 6.07) is 9.05. The van der Waals surface area contributed by atoms with Crippen LogP contribution in [0.15, 0.2) is 24.3 Å². The molecule has 1 atom stereocenters. The van der Waals surface area contributed by atoms with Crippen molar-refractivity contribution in [3.05, 3.63) is 46.8 Å². The minimum Gasteiger partial charge on any atom is -0.374 e. The van der Waals surface area contributed by atoms with Crippen molar-refractivity contribution in [2.45, 2.75) is 46.4 Å². The molecule has 0 fully saturated rings. The Kier molecular flexibility index (Phi) is 3.72. The van der Waals surface area contributed by atoms with Crippen LogP contribution >= 0.6 is 0 Å². The van der Waals surface area contributed by atoms with E-state index in [1.165, 1.54) is 16.8 Å². The maximum Gasteiger partial charge on any atom is 0.0828 e. The molecule has 0 spiro atoms. The molecule has 0 bridgehead atoms. The predicted octanol–water partition coefficient (Wildman–Crippen LogP) is 3.76. The number of benzene rings is 1. The molecule has 0 aliphatic carbocycles. The first-order valence-electron chi connectivity index (χ1n) is 7.55. The summed E-state index contributed by atoms with van der Waals surface area (Å²) in [5, 5.41) is 8.29. The van der Waals surface area contributed by atoms with Crippen molar-refractivity contribution in [3.63, 3.8) is 0 Å². The number of nitrogens with zero attached hydrogens (tertiary/aromatic N) is 2. The van der Waals surface area contributed by atoms with E-state index < -0.39 is 0 Å². The van der Waals surface area contributed by atoms with Gasteiger partial charge >= 0.3 is 0 Å². The average molecular weight is 285 g/mol. The second kappa shape index (κ2) is 5.53. The third kappa shape index (κ3) is 2.56. The SMILES string of the molecule is Cc1nn(C(C)C)c(C)c1NC1COCc2ccccc21. The second-order valence-corrected chi connectivity index (χ2v) is 6.00. The fourth-order valence-electron chi connectivity index (χ4n) is 3.05. The van der Waals surface area contributed by atoms with E-state index in [1.807, 2.05) is 0 Å². The number of anilines is 1. The van der Waals surface area contributed by atoms with E-state index in [0.717, 1.165) is 11.4 Å². The first-order chi connectivity index (χ1) is 10.1. The van der Waals surface area contributed by atoms with Crippen LogP contribution in [-0.2, 0) is 11.3 Å². The summed E-state index contributed by atoms with van der Waals surface area (Å²) in [5.74, 6) is 0. The van der Waals surface area contributed by atoms with E-state index in [1.54, 1.807) is 0 Å². The molecule has 2 aromatic rings. The molecular formula is C17H23N3O. The normalized spacial score (nSPS) is 17.9. The van der Waals surface area contributed by atoms with Crippen molar-refractivity contribution in [2.75, 3.05) is 11.9 Å². The third-order valence-corrected chi connectivity index (χ3v) is 4.11. The molecule has 1 aliphatic heterocycles. The highest BCUT2D eigenvalue weighted by atomic mass is 16.5. The van der Waals surface area contributed by atoms with Crippen LogP contribution in [0.1, 0.15) is 48.4 Å². The number of hydrogen-bond donors (Lipinski definition) is 1. The lowest BCUT2D eigenvalue weighted by Gasteiger charge is -2.27. The Bertz CT molecular complexity index is 645. The number of fused-ring (bicyclic) bond motifs is 1. The van der Waals surface area contributed by atoms with Crippen LogP contribution in [0, 0.1) is 13.8 Å². The fourth-order valence-corrected chi connectivity index (χ4v) is 3.05. The molecule has 0 saturated heterocycles. The number of rotatable bonds is 3.